The van der Waals surface area contributed by atoms with E-state index in [0.29, 0.717) is 23.0 Å². The highest BCUT2D eigenvalue weighted by atomic mass is 35.5. The molecular formula is C20H20ClN3O2S. The van der Waals surface area contributed by atoms with Gasteiger partial charge in [-0.15, -0.1) is 0 Å². The van der Waals surface area contributed by atoms with Gasteiger partial charge >= 0.3 is 0 Å². The average Bonchev–Trinajstić information content (AvgIpc) is 3.12. The summed E-state index contributed by atoms with van der Waals surface area (Å²) in [5, 5.41) is 4.52. The Labute approximate surface area is 166 Å². The van der Waals surface area contributed by atoms with Crippen molar-refractivity contribution in [2.24, 2.45) is 5.92 Å². The molecule has 0 spiro atoms. The molecule has 7 heteroatoms. The molecular weight excluding hydrogens is 382 g/mol. The summed E-state index contributed by atoms with van der Waals surface area (Å²) < 4.78 is 6.49. The van der Waals surface area contributed by atoms with Crippen LogP contribution in [0.15, 0.2) is 42.5 Å². The number of hydrogen-bond acceptors (Lipinski definition) is 5. The number of carbonyl (C=O) groups is 1. The Hall–Kier alpha value is -2.31. The van der Waals surface area contributed by atoms with Gasteiger partial charge in [0.05, 0.1) is 28.9 Å². The van der Waals surface area contributed by atoms with Crippen LogP contribution in [0, 0.1) is 5.92 Å². The van der Waals surface area contributed by atoms with E-state index in [1.165, 1.54) is 4.70 Å². The van der Waals surface area contributed by atoms with E-state index in [1.54, 1.807) is 36.6 Å². The fourth-order valence-corrected chi connectivity index (χ4v) is 4.55. The number of hydrogen-bond donors (Lipinski definition) is 1. The molecule has 4 rings (SSSR count). The molecule has 27 heavy (non-hydrogen) atoms. The van der Waals surface area contributed by atoms with Crippen molar-refractivity contribution in [2.45, 2.75) is 12.8 Å². The number of carbonyl (C=O) groups excluding carboxylic acids is 1. The van der Waals surface area contributed by atoms with Crippen molar-refractivity contribution < 1.29 is 9.53 Å². The van der Waals surface area contributed by atoms with Crippen molar-refractivity contribution in [3.8, 4) is 5.75 Å². The van der Waals surface area contributed by atoms with Gasteiger partial charge in [-0.3, -0.25) is 4.79 Å². The van der Waals surface area contributed by atoms with Gasteiger partial charge < -0.3 is 15.0 Å². The minimum atomic E-state index is -0.102. The maximum atomic E-state index is 12.8. The topological polar surface area (TPSA) is 54.5 Å². The highest BCUT2D eigenvalue weighted by molar-refractivity contribution is 7.22. The first-order chi connectivity index (χ1) is 13.1. The Balaban J connectivity index is 1.49. The number of nitrogens with zero attached hydrogens (tertiary/aromatic N) is 2. The van der Waals surface area contributed by atoms with Crippen LogP contribution in [-0.4, -0.2) is 31.1 Å². The molecule has 3 aromatic rings. The minimum absolute atomic E-state index is 0.0126. The number of rotatable bonds is 4. The van der Waals surface area contributed by atoms with Crippen molar-refractivity contribution >= 4 is 49.9 Å². The van der Waals surface area contributed by atoms with Gasteiger partial charge in [0.25, 0.3) is 0 Å². The summed E-state index contributed by atoms with van der Waals surface area (Å²) in [6, 6.07) is 13.3. The molecule has 0 radical (unpaired) electrons. The number of piperidine rings is 1. The van der Waals surface area contributed by atoms with Crippen LogP contribution in [0.1, 0.15) is 12.8 Å². The molecule has 2 heterocycles. The third kappa shape index (κ3) is 3.87. The van der Waals surface area contributed by atoms with Crippen molar-refractivity contribution in [3.05, 3.63) is 47.5 Å². The van der Waals surface area contributed by atoms with E-state index in [-0.39, 0.29) is 11.8 Å². The summed E-state index contributed by atoms with van der Waals surface area (Å²) in [4.78, 5) is 19.8. The summed E-state index contributed by atoms with van der Waals surface area (Å²) in [5.41, 5.74) is 1.61. The largest absolute Gasteiger partial charge is 0.495 e. The molecule has 1 fully saturated rings. The van der Waals surface area contributed by atoms with Crippen LogP contribution < -0.4 is 15.0 Å². The highest BCUT2D eigenvalue weighted by Crippen LogP contribution is 2.33. The van der Waals surface area contributed by atoms with Gasteiger partial charge in [-0.05, 0) is 43.2 Å². The van der Waals surface area contributed by atoms with Crippen LogP contribution in [0.5, 0.6) is 5.75 Å². The van der Waals surface area contributed by atoms with E-state index in [4.69, 9.17) is 21.3 Å². The summed E-state index contributed by atoms with van der Waals surface area (Å²) >= 11 is 7.74. The number of benzene rings is 2. The zero-order chi connectivity index (χ0) is 18.8. The van der Waals surface area contributed by atoms with Crippen LogP contribution in [-0.2, 0) is 4.79 Å². The number of para-hydroxylation sites is 1. The van der Waals surface area contributed by atoms with Crippen molar-refractivity contribution in [1.29, 1.82) is 0 Å². The third-order valence-corrected chi connectivity index (χ3v) is 6.10. The van der Waals surface area contributed by atoms with Crippen LogP contribution in [0.2, 0.25) is 5.02 Å². The van der Waals surface area contributed by atoms with Gasteiger partial charge in [0.1, 0.15) is 5.75 Å². The zero-order valence-electron chi connectivity index (χ0n) is 14.9. The molecule has 1 N–H and O–H groups in total. The number of amides is 1. The standard InChI is InChI=1S/C20H20ClN3O2S/c1-26-17-9-8-14(21)11-16(17)22-19(25)13-5-4-10-24(12-13)20-23-15-6-2-3-7-18(15)27-20/h2-3,6-9,11,13H,4-5,10,12H2,1H3,(H,22,25). The summed E-state index contributed by atoms with van der Waals surface area (Å²) in [6.07, 6.45) is 1.82. The molecule has 140 valence electrons. The number of anilines is 2. The van der Waals surface area contributed by atoms with E-state index in [2.05, 4.69) is 16.3 Å². The molecule has 1 amide bonds. The van der Waals surface area contributed by atoms with E-state index >= 15 is 0 Å². The fraction of sp³-hybridized carbons (Fsp3) is 0.300. The molecule has 0 bridgehead atoms. The lowest BCUT2D eigenvalue weighted by atomic mass is 9.97. The monoisotopic (exact) mass is 401 g/mol. The lowest BCUT2D eigenvalue weighted by Gasteiger charge is -2.31. The number of fused-ring (bicyclic) bond motifs is 1. The molecule has 1 aliphatic rings. The average molecular weight is 402 g/mol. The molecule has 1 unspecified atom stereocenters. The molecule has 5 nitrogen and oxygen atoms in total. The van der Waals surface area contributed by atoms with Crippen LogP contribution in [0.3, 0.4) is 0 Å². The Kier molecular flexibility index (Phi) is 5.18. The minimum Gasteiger partial charge on any atom is -0.495 e. The molecule has 1 aromatic heterocycles. The maximum absolute atomic E-state index is 12.8. The van der Waals surface area contributed by atoms with Crippen LogP contribution in [0.25, 0.3) is 10.2 Å². The Morgan fingerprint density at radius 3 is 3.00 bits per heavy atom. The van der Waals surface area contributed by atoms with Crippen LogP contribution >= 0.6 is 22.9 Å². The second-order valence-corrected chi connectivity index (χ2v) is 8.03. The van der Waals surface area contributed by atoms with E-state index in [0.717, 1.165) is 30.0 Å². The first kappa shape index (κ1) is 18.1. The number of aromatic nitrogens is 1. The summed E-state index contributed by atoms with van der Waals surface area (Å²) in [5.74, 6) is 0.488. The predicted octanol–water partition coefficient (Wildman–Crippen LogP) is 4.81. The maximum Gasteiger partial charge on any atom is 0.229 e. The van der Waals surface area contributed by atoms with E-state index in [9.17, 15) is 4.79 Å². The molecule has 2 aromatic carbocycles. The number of methoxy groups -OCH3 is 1. The zero-order valence-corrected chi connectivity index (χ0v) is 16.5. The first-order valence-electron chi connectivity index (χ1n) is 8.89. The fourth-order valence-electron chi connectivity index (χ4n) is 3.37. The van der Waals surface area contributed by atoms with Crippen molar-refractivity contribution in [2.75, 3.05) is 30.4 Å². The number of thiazole rings is 1. The van der Waals surface area contributed by atoms with E-state index in [1.807, 2.05) is 18.2 Å². The molecule has 0 aliphatic carbocycles. The molecule has 1 atom stereocenters. The van der Waals surface area contributed by atoms with Gasteiger partial charge in [0, 0.05) is 18.1 Å². The second kappa shape index (κ2) is 7.74. The number of halogens is 1. The SMILES string of the molecule is COc1ccc(Cl)cc1NC(=O)C1CCCN(c2nc3ccccc3s2)C1. The Morgan fingerprint density at radius 2 is 2.19 bits per heavy atom. The van der Waals surface area contributed by atoms with Crippen molar-refractivity contribution in [3.63, 3.8) is 0 Å². The first-order valence-corrected chi connectivity index (χ1v) is 10.1. The Bertz CT molecular complexity index is 942. The predicted molar refractivity (Wildman–Crippen MR) is 111 cm³/mol. The summed E-state index contributed by atoms with van der Waals surface area (Å²) in [6.45, 7) is 1.58. The number of nitrogens with one attached hydrogen (secondary N) is 1. The lowest BCUT2D eigenvalue weighted by molar-refractivity contribution is -0.120. The van der Waals surface area contributed by atoms with Gasteiger partial charge in [-0.1, -0.05) is 35.1 Å². The smallest absolute Gasteiger partial charge is 0.229 e. The Morgan fingerprint density at radius 1 is 1.33 bits per heavy atom. The van der Waals surface area contributed by atoms with Gasteiger partial charge in [0.15, 0.2) is 5.13 Å². The normalized spacial score (nSPS) is 17.1. The lowest BCUT2D eigenvalue weighted by Crippen LogP contribution is -2.40. The van der Waals surface area contributed by atoms with Gasteiger partial charge in [-0.2, -0.15) is 0 Å². The molecule has 1 saturated heterocycles. The quantitative estimate of drug-likeness (QED) is 0.681. The second-order valence-electron chi connectivity index (χ2n) is 6.58. The summed E-state index contributed by atoms with van der Waals surface area (Å²) in [7, 11) is 1.58. The third-order valence-electron chi connectivity index (χ3n) is 4.76. The highest BCUT2D eigenvalue weighted by Gasteiger charge is 2.28. The molecule has 0 saturated carbocycles. The van der Waals surface area contributed by atoms with Gasteiger partial charge in [0.2, 0.25) is 5.91 Å². The van der Waals surface area contributed by atoms with E-state index < -0.39 is 0 Å². The number of ether oxygens (including phenoxy) is 1. The van der Waals surface area contributed by atoms with Crippen LogP contribution in [0.4, 0.5) is 10.8 Å². The van der Waals surface area contributed by atoms with Gasteiger partial charge in [-0.25, -0.2) is 4.98 Å². The van der Waals surface area contributed by atoms with Crippen molar-refractivity contribution in [1.82, 2.24) is 4.98 Å². The molecule has 1 aliphatic heterocycles.